The summed E-state index contributed by atoms with van der Waals surface area (Å²) in [4.78, 5) is 28.6. The summed E-state index contributed by atoms with van der Waals surface area (Å²) in [5.41, 5.74) is 5.49. The van der Waals surface area contributed by atoms with Gasteiger partial charge in [0.05, 0.1) is 17.0 Å². The maximum absolute atomic E-state index is 13.4. The Morgan fingerprint density at radius 1 is 0.806 bits per heavy atom. The molecule has 0 radical (unpaired) electrons. The predicted molar refractivity (Wildman–Crippen MR) is 128 cm³/mol. The average Bonchev–Trinajstić information content (AvgIpc) is 3.00. The lowest BCUT2D eigenvalue weighted by Gasteiger charge is -2.15. The summed E-state index contributed by atoms with van der Waals surface area (Å²) in [7, 11) is 0. The number of benzene rings is 3. The minimum Gasteiger partial charge on any atom is -0.269 e. The van der Waals surface area contributed by atoms with Crippen LogP contribution in [-0.4, -0.2) is 16.7 Å². The molecular formula is C26H22ClNO2S. The quantitative estimate of drug-likeness (QED) is 0.424. The molecule has 3 aromatic carbocycles. The first-order valence-electron chi connectivity index (χ1n) is 10.0. The number of hydrogen-bond acceptors (Lipinski definition) is 3. The smallest absolute Gasteiger partial charge is 0.268 e. The van der Waals surface area contributed by atoms with Crippen molar-refractivity contribution in [3.8, 4) is 0 Å². The molecule has 31 heavy (non-hydrogen) atoms. The second kappa shape index (κ2) is 9.13. The van der Waals surface area contributed by atoms with Crippen LogP contribution in [0.1, 0.15) is 27.8 Å². The van der Waals surface area contributed by atoms with E-state index in [1.165, 1.54) is 16.7 Å². The van der Waals surface area contributed by atoms with Crippen LogP contribution in [0.3, 0.4) is 0 Å². The maximum Gasteiger partial charge on any atom is 0.268 e. The second-order valence-corrected chi connectivity index (χ2v) is 9.02. The standard InChI is InChI=1S/C26H22ClNO2S/c1-17-8-11-21(14-18(17)2)23-24(31-16-20-6-4-3-5-7-20)26(30)28(25(23)29)15-19-9-12-22(27)13-10-19/h3-14H,15-16H2,1-2H3. The van der Waals surface area contributed by atoms with Crippen molar-refractivity contribution in [3.63, 3.8) is 0 Å². The van der Waals surface area contributed by atoms with E-state index < -0.39 is 0 Å². The number of rotatable bonds is 6. The molecule has 0 saturated heterocycles. The van der Waals surface area contributed by atoms with Crippen molar-refractivity contribution in [2.75, 3.05) is 0 Å². The molecule has 5 heteroatoms. The first-order valence-corrected chi connectivity index (χ1v) is 11.4. The number of halogens is 1. The van der Waals surface area contributed by atoms with Crippen molar-refractivity contribution in [1.29, 1.82) is 0 Å². The fourth-order valence-corrected chi connectivity index (χ4v) is 4.70. The van der Waals surface area contributed by atoms with E-state index in [4.69, 9.17) is 11.6 Å². The highest BCUT2D eigenvalue weighted by Crippen LogP contribution is 2.38. The molecule has 0 aromatic heterocycles. The Balaban J connectivity index is 1.69. The van der Waals surface area contributed by atoms with Gasteiger partial charge >= 0.3 is 0 Å². The zero-order valence-corrected chi connectivity index (χ0v) is 19.0. The lowest BCUT2D eigenvalue weighted by atomic mass is 10.0. The Labute approximate surface area is 191 Å². The van der Waals surface area contributed by atoms with Crippen LogP contribution in [0.2, 0.25) is 5.02 Å². The zero-order valence-electron chi connectivity index (χ0n) is 17.4. The van der Waals surface area contributed by atoms with Crippen molar-refractivity contribution in [2.24, 2.45) is 0 Å². The molecule has 3 aromatic rings. The summed E-state index contributed by atoms with van der Waals surface area (Å²) in [5.74, 6) is 0.131. The van der Waals surface area contributed by atoms with Crippen molar-refractivity contribution in [2.45, 2.75) is 26.1 Å². The molecule has 4 rings (SSSR count). The van der Waals surface area contributed by atoms with Crippen molar-refractivity contribution in [1.82, 2.24) is 4.90 Å². The Morgan fingerprint density at radius 3 is 2.19 bits per heavy atom. The third kappa shape index (κ3) is 4.60. The third-order valence-corrected chi connectivity index (χ3v) is 6.80. The van der Waals surface area contributed by atoms with Gasteiger partial charge in [-0.1, -0.05) is 72.3 Å². The number of carbonyl (C=O) groups excluding carboxylic acids is 2. The normalized spacial score (nSPS) is 14.0. The van der Waals surface area contributed by atoms with Gasteiger partial charge < -0.3 is 0 Å². The molecule has 2 amide bonds. The van der Waals surface area contributed by atoms with Gasteiger partial charge in [-0.3, -0.25) is 14.5 Å². The van der Waals surface area contributed by atoms with Gasteiger partial charge in [-0.15, -0.1) is 11.8 Å². The molecule has 0 spiro atoms. The van der Waals surface area contributed by atoms with Crippen LogP contribution < -0.4 is 0 Å². The Hall–Kier alpha value is -2.82. The van der Waals surface area contributed by atoms with Crippen LogP contribution in [0.25, 0.3) is 5.57 Å². The van der Waals surface area contributed by atoms with E-state index in [2.05, 4.69) is 0 Å². The molecule has 0 atom stereocenters. The van der Waals surface area contributed by atoms with Crippen LogP contribution in [-0.2, 0) is 21.9 Å². The number of imide groups is 1. The summed E-state index contributed by atoms with van der Waals surface area (Å²) in [5, 5.41) is 0.621. The van der Waals surface area contributed by atoms with E-state index in [0.717, 1.165) is 27.8 Å². The minimum absolute atomic E-state index is 0.221. The van der Waals surface area contributed by atoms with Gasteiger partial charge in [0.15, 0.2) is 0 Å². The van der Waals surface area contributed by atoms with Gasteiger partial charge in [0.1, 0.15) is 0 Å². The van der Waals surface area contributed by atoms with Crippen LogP contribution in [0, 0.1) is 13.8 Å². The summed E-state index contributed by atoms with van der Waals surface area (Å²) in [6.45, 7) is 4.27. The fraction of sp³-hybridized carbons (Fsp3) is 0.154. The van der Waals surface area contributed by atoms with Crippen molar-refractivity contribution < 1.29 is 9.59 Å². The monoisotopic (exact) mass is 447 g/mol. The van der Waals surface area contributed by atoms with Gasteiger partial charge in [0, 0.05) is 10.8 Å². The van der Waals surface area contributed by atoms with Crippen LogP contribution in [0.4, 0.5) is 0 Å². The Morgan fingerprint density at radius 2 is 1.52 bits per heavy atom. The van der Waals surface area contributed by atoms with E-state index in [-0.39, 0.29) is 18.4 Å². The first-order chi connectivity index (χ1) is 14.9. The van der Waals surface area contributed by atoms with Crippen molar-refractivity contribution >= 4 is 40.8 Å². The highest BCUT2D eigenvalue weighted by Gasteiger charge is 2.39. The molecule has 0 aliphatic carbocycles. The lowest BCUT2D eigenvalue weighted by Crippen LogP contribution is -2.30. The van der Waals surface area contributed by atoms with Gasteiger partial charge in [0.2, 0.25) is 0 Å². The lowest BCUT2D eigenvalue weighted by molar-refractivity contribution is -0.137. The van der Waals surface area contributed by atoms with Crippen LogP contribution in [0.15, 0.2) is 77.7 Å². The molecule has 0 unspecified atom stereocenters. The Bertz CT molecular complexity index is 1170. The van der Waals surface area contributed by atoms with Crippen LogP contribution in [0.5, 0.6) is 0 Å². The zero-order chi connectivity index (χ0) is 22.0. The Kier molecular flexibility index (Phi) is 6.30. The maximum atomic E-state index is 13.4. The van der Waals surface area contributed by atoms with E-state index in [1.54, 1.807) is 12.1 Å². The predicted octanol–water partition coefficient (Wildman–Crippen LogP) is 6.17. The van der Waals surface area contributed by atoms with E-state index in [1.807, 2.05) is 74.5 Å². The number of aryl methyl sites for hydroxylation is 2. The highest BCUT2D eigenvalue weighted by molar-refractivity contribution is 8.03. The molecule has 1 aliphatic heterocycles. The third-order valence-electron chi connectivity index (χ3n) is 5.40. The summed E-state index contributed by atoms with van der Waals surface area (Å²) in [6.07, 6.45) is 0. The number of thioether (sulfide) groups is 1. The first kappa shape index (κ1) is 21.4. The van der Waals surface area contributed by atoms with E-state index >= 15 is 0 Å². The van der Waals surface area contributed by atoms with Gasteiger partial charge in [-0.2, -0.15) is 0 Å². The minimum atomic E-state index is -0.251. The molecule has 0 saturated carbocycles. The largest absolute Gasteiger partial charge is 0.269 e. The topological polar surface area (TPSA) is 37.4 Å². The highest BCUT2D eigenvalue weighted by atomic mass is 35.5. The van der Waals surface area contributed by atoms with Crippen molar-refractivity contribution in [3.05, 3.63) is 111 Å². The summed E-state index contributed by atoms with van der Waals surface area (Å²) >= 11 is 7.41. The van der Waals surface area contributed by atoms with Gasteiger partial charge in [0.25, 0.3) is 11.8 Å². The summed E-state index contributed by atoms with van der Waals surface area (Å²) in [6, 6.07) is 23.1. The van der Waals surface area contributed by atoms with Gasteiger partial charge in [-0.25, -0.2) is 0 Å². The van der Waals surface area contributed by atoms with Gasteiger partial charge in [-0.05, 0) is 53.8 Å². The molecule has 156 valence electrons. The molecule has 1 aliphatic rings. The number of amides is 2. The molecular weight excluding hydrogens is 426 g/mol. The molecule has 3 nitrogen and oxygen atoms in total. The van der Waals surface area contributed by atoms with E-state index in [9.17, 15) is 9.59 Å². The molecule has 0 bridgehead atoms. The number of nitrogens with zero attached hydrogens (tertiary/aromatic N) is 1. The SMILES string of the molecule is Cc1ccc(C2=C(SCc3ccccc3)C(=O)N(Cc3ccc(Cl)cc3)C2=O)cc1C. The number of carbonyl (C=O) groups is 2. The summed E-state index contributed by atoms with van der Waals surface area (Å²) < 4.78 is 0. The number of hydrogen-bond donors (Lipinski definition) is 0. The molecule has 0 N–H and O–H groups in total. The molecule has 0 fully saturated rings. The average molecular weight is 448 g/mol. The second-order valence-electron chi connectivity index (χ2n) is 7.60. The molecule has 1 heterocycles. The fourth-order valence-electron chi connectivity index (χ4n) is 3.48. The van der Waals surface area contributed by atoms with Crippen LogP contribution >= 0.6 is 23.4 Å². The van der Waals surface area contributed by atoms with E-state index in [0.29, 0.717) is 21.3 Å².